The summed E-state index contributed by atoms with van der Waals surface area (Å²) in [6.07, 6.45) is 5.27. The van der Waals surface area contributed by atoms with Crippen LogP contribution in [0.5, 0.6) is 0 Å². The fourth-order valence-corrected chi connectivity index (χ4v) is 0. The molecule has 0 aliphatic heterocycles. The lowest BCUT2D eigenvalue weighted by Gasteiger charge is -2.04. The third-order valence-electron chi connectivity index (χ3n) is 0.856. The molecule has 0 aromatic rings. The number of hydrogen-bond acceptors (Lipinski definition) is 0. The molecular weight excluding hydrogens is 91.0 g/mol. The summed E-state index contributed by atoms with van der Waals surface area (Å²) >= 11 is 0. The molecule has 0 amide bonds. The summed E-state index contributed by atoms with van der Waals surface area (Å²) in [5.74, 6) is 0. The van der Waals surface area contributed by atoms with E-state index in [1.807, 2.05) is 0 Å². The highest BCUT2D eigenvalue weighted by Gasteiger charge is 1.89. The SMILES string of the molecule is C=P(C)(C)CC. The quantitative estimate of drug-likeness (QED) is 0.444. The zero-order valence-corrected chi connectivity index (χ0v) is 5.76. The average molecular weight is 104 g/mol. The maximum Gasteiger partial charge on any atom is -0.0365 e. The molecule has 0 aliphatic rings. The van der Waals surface area contributed by atoms with Crippen LogP contribution in [0.4, 0.5) is 0 Å². The molecular formula is C5H13P. The second-order valence-corrected chi connectivity index (χ2v) is 6.76. The van der Waals surface area contributed by atoms with Crippen LogP contribution in [-0.4, -0.2) is 25.8 Å². The maximum absolute atomic E-state index is 4.00. The highest BCUT2D eigenvalue weighted by molar-refractivity contribution is 7.72. The monoisotopic (exact) mass is 104 g/mol. The highest BCUT2D eigenvalue weighted by Crippen LogP contribution is 2.33. The van der Waals surface area contributed by atoms with Crippen molar-refractivity contribution in [2.45, 2.75) is 6.92 Å². The van der Waals surface area contributed by atoms with Crippen molar-refractivity contribution in [1.29, 1.82) is 0 Å². The second-order valence-electron chi connectivity index (χ2n) is 2.25. The lowest BCUT2D eigenvalue weighted by atomic mass is 11.0. The van der Waals surface area contributed by atoms with Crippen molar-refractivity contribution >= 4 is 13.2 Å². The van der Waals surface area contributed by atoms with E-state index in [-0.39, 0.29) is 0 Å². The van der Waals surface area contributed by atoms with Crippen molar-refractivity contribution < 1.29 is 0 Å². The summed E-state index contributed by atoms with van der Waals surface area (Å²) < 4.78 is 0. The van der Waals surface area contributed by atoms with E-state index in [0.717, 1.165) is 0 Å². The maximum atomic E-state index is 4.00. The molecule has 0 aliphatic carbocycles. The third kappa shape index (κ3) is 4.30. The molecule has 6 heavy (non-hydrogen) atoms. The first-order valence-electron chi connectivity index (χ1n) is 2.23. The molecule has 0 spiro atoms. The van der Waals surface area contributed by atoms with Gasteiger partial charge in [-0.2, -0.15) is 0 Å². The van der Waals surface area contributed by atoms with E-state index in [4.69, 9.17) is 0 Å². The number of rotatable bonds is 1. The Balaban J connectivity index is 3.48. The van der Waals surface area contributed by atoms with Gasteiger partial charge in [-0.1, -0.05) is 6.92 Å². The molecule has 0 aromatic carbocycles. The van der Waals surface area contributed by atoms with E-state index in [1.54, 1.807) is 0 Å². The van der Waals surface area contributed by atoms with Crippen LogP contribution >= 0.6 is 6.89 Å². The smallest absolute Gasteiger partial charge is 0.0365 e. The van der Waals surface area contributed by atoms with E-state index >= 15 is 0 Å². The minimum absolute atomic E-state index is 0.647. The second kappa shape index (κ2) is 1.84. The Morgan fingerprint density at radius 2 is 1.67 bits per heavy atom. The molecule has 0 nitrogen and oxygen atoms in total. The molecule has 0 saturated carbocycles. The minimum atomic E-state index is -0.647. The van der Waals surface area contributed by atoms with Crippen molar-refractivity contribution in [3.63, 3.8) is 0 Å². The van der Waals surface area contributed by atoms with Gasteiger partial charge in [0.2, 0.25) is 0 Å². The third-order valence-corrected chi connectivity index (χ3v) is 2.57. The standard InChI is InChI=1S/C5H13P/c1-5-6(2,3)4/h2,5H2,1,3-4H3. The van der Waals surface area contributed by atoms with Crippen LogP contribution in [0.1, 0.15) is 6.92 Å². The molecule has 0 unspecified atom stereocenters. The Kier molecular flexibility index (Phi) is 1.93. The van der Waals surface area contributed by atoms with E-state index in [1.165, 1.54) is 6.16 Å². The van der Waals surface area contributed by atoms with E-state index in [0.29, 0.717) is 0 Å². The summed E-state index contributed by atoms with van der Waals surface area (Å²) in [7, 11) is 0. The average Bonchev–Trinajstić information content (AvgIpc) is 1.35. The van der Waals surface area contributed by atoms with Crippen LogP contribution < -0.4 is 0 Å². The van der Waals surface area contributed by atoms with Crippen molar-refractivity contribution in [1.82, 2.24) is 0 Å². The van der Waals surface area contributed by atoms with Crippen LogP contribution in [0.15, 0.2) is 0 Å². The molecule has 1 heteroatoms. The summed E-state index contributed by atoms with van der Waals surface area (Å²) in [5.41, 5.74) is 0. The van der Waals surface area contributed by atoms with Gasteiger partial charge in [0.15, 0.2) is 0 Å². The van der Waals surface area contributed by atoms with Crippen LogP contribution in [0, 0.1) is 0 Å². The van der Waals surface area contributed by atoms with Gasteiger partial charge in [0.1, 0.15) is 0 Å². The molecule has 0 rings (SSSR count). The first-order chi connectivity index (χ1) is 2.56. The molecule has 0 N–H and O–H groups in total. The lowest BCUT2D eigenvalue weighted by molar-refractivity contribution is 1.49. The van der Waals surface area contributed by atoms with Crippen molar-refractivity contribution in [2.75, 3.05) is 19.5 Å². The normalized spacial score (nSPS) is 11.8. The van der Waals surface area contributed by atoms with Gasteiger partial charge in [-0.05, 0) is 19.5 Å². The Labute approximate surface area is 40.5 Å². The predicted octanol–water partition coefficient (Wildman–Crippen LogP) is 1.72. The van der Waals surface area contributed by atoms with Crippen molar-refractivity contribution in [3.05, 3.63) is 0 Å². The molecule has 38 valence electrons. The Morgan fingerprint density at radius 1 is 1.50 bits per heavy atom. The van der Waals surface area contributed by atoms with Gasteiger partial charge in [-0.25, -0.2) is 0 Å². The molecule has 0 bridgehead atoms. The van der Waals surface area contributed by atoms with E-state index in [2.05, 4.69) is 26.6 Å². The first-order valence-corrected chi connectivity index (χ1v) is 5.29. The largest absolute Gasteiger partial charge is 0.118 e. The van der Waals surface area contributed by atoms with Crippen LogP contribution in [0.25, 0.3) is 0 Å². The van der Waals surface area contributed by atoms with Crippen LogP contribution in [-0.2, 0) is 0 Å². The Bertz CT molecular complexity index is 68.0. The van der Waals surface area contributed by atoms with Gasteiger partial charge in [0, 0.05) is 0 Å². The highest BCUT2D eigenvalue weighted by atomic mass is 31.2. The Hall–Kier alpha value is 0.300. The summed E-state index contributed by atoms with van der Waals surface area (Å²) in [6.45, 7) is 6.03. The predicted molar refractivity (Wildman–Crippen MR) is 36.4 cm³/mol. The Morgan fingerprint density at radius 3 is 1.67 bits per heavy atom. The fourth-order valence-electron chi connectivity index (χ4n) is 0. The lowest BCUT2D eigenvalue weighted by Crippen LogP contribution is -1.75. The molecule has 0 aromatic heterocycles. The van der Waals surface area contributed by atoms with Gasteiger partial charge >= 0.3 is 0 Å². The van der Waals surface area contributed by atoms with Gasteiger partial charge in [0.05, 0.1) is 0 Å². The minimum Gasteiger partial charge on any atom is -0.118 e. The zero-order valence-electron chi connectivity index (χ0n) is 4.86. The van der Waals surface area contributed by atoms with Gasteiger partial charge in [-0.3, -0.25) is 0 Å². The van der Waals surface area contributed by atoms with Crippen molar-refractivity contribution in [2.24, 2.45) is 0 Å². The topological polar surface area (TPSA) is 0 Å². The molecule has 0 atom stereocenters. The fraction of sp³-hybridized carbons (Fsp3) is 0.800. The molecule has 0 heterocycles. The number of hydrogen-bond donors (Lipinski definition) is 0. The van der Waals surface area contributed by atoms with Crippen LogP contribution in [0.2, 0.25) is 0 Å². The molecule has 0 radical (unpaired) electrons. The molecule has 0 saturated heterocycles. The summed E-state index contributed by atoms with van der Waals surface area (Å²) in [5, 5.41) is 0. The first kappa shape index (κ1) is 6.30. The van der Waals surface area contributed by atoms with Gasteiger partial charge in [-0.15, -0.1) is 13.2 Å². The van der Waals surface area contributed by atoms with E-state index < -0.39 is 6.89 Å². The van der Waals surface area contributed by atoms with Crippen LogP contribution in [0.3, 0.4) is 0 Å². The summed E-state index contributed by atoms with van der Waals surface area (Å²) in [6, 6.07) is 0. The van der Waals surface area contributed by atoms with Gasteiger partial charge in [0.25, 0.3) is 0 Å². The van der Waals surface area contributed by atoms with Gasteiger partial charge < -0.3 is 0 Å². The van der Waals surface area contributed by atoms with E-state index in [9.17, 15) is 0 Å². The molecule has 0 fully saturated rings. The summed E-state index contributed by atoms with van der Waals surface area (Å²) in [4.78, 5) is 0. The van der Waals surface area contributed by atoms with Crippen molar-refractivity contribution in [3.8, 4) is 0 Å². The zero-order chi connectivity index (χ0) is 5.21.